The van der Waals surface area contributed by atoms with Gasteiger partial charge in [0.05, 0.1) is 24.2 Å². The summed E-state index contributed by atoms with van der Waals surface area (Å²) in [5.74, 6) is -1.01. The highest BCUT2D eigenvalue weighted by Crippen LogP contribution is 2.34. The fourth-order valence-electron chi connectivity index (χ4n) is 2.44. The number of carbonyl (C=O) groups is 4. The van der Waals surface area contributed by atoms with Crippen LogP contribution in [0.1, 0.15) is 5.76 Å². The minimum Gasteiger partial charge on any atom is -0.467 e. The van der Waals surface area contributed by atoms with Crippen LogP contribution in [-0.4, -0.2) is 42.7 Å². The number of urea groups is 1. The Morgan fingerprint density at radius 3 is 2.79 bits per heavy atom. The molecule has 0 atom stereocenters. The number of anilines is 1. The number of rotatable bonds is 6. The molecule has 2 heterocycles. The molecule has 2 aromatic rings. The number of hydrogen-bond donors (Lipinski definition) is 2. The van der Waals surface area contributed by atoms with Crippen molar-refractivity contribution in [2.24, 2.45) is 0 Å². The topological polar surface area (TPSA) is 118 Å². The molecular weight excluding hydrogens is 386 g/mol. The van der Waals surface area contributed by atoms with Crippen molar-refractivity contribution in [1.29, 1.82) is 0 Å². The summed E-state index contributed by atoms with van der Waals surface area (Å²) in [6.45, 7) is -0.833. The van der Waals surface area contributed by atoms with Crippen molar-refractivity contribution in [2.75, 3.05) is 23.8 Å². The lowest BCUT2D eigenvalue weighted by Crippen LogP contribution is -2.43. The zero-order chi connectivity index (χ0) is 19.9. The van der Waals surface area contributed by atoms with Crippen molar-refractivity contribution in [1.82, 2.24) is 10.6 Å². The first-order valence-corrected chi connectivity index (χ1v) is 9.29. The molecule has 0 saturated carbocycles. The molecule has 1 aliphatic rings. The fourth-order valence-corrected chi connectivity index (χ4v) is 3.37. The molecule has 0 aliphatic carbocycles. The third-order valence-corrected chi connectivity index (χ3v) is 4.76. The quantitative estimate of drug-likeness (QED) is 0.698. The molecule has 2 N–H and O–H groups in total. The molecule has 0 spiro atoms. The van der Waals surface area contributed by atoms with Crippen LogP contribution in [0.5, 0.6) is 0 Å². The van der Waals surface area contributed by atoms with Crippen LogP contribution in [0.15, 0.2) is 52.0 Å². The maximum absolute atomic E-state index is 12.1. The van der Waals surface area contributed by atoms with E-state index in [4.69, 9.17) is 9.15 Å². The largest absolute Gasteiger partial charge is 0.467 e. The third-order valence-electron chi connectivity index (χ3n) is 3.72. The zero-order valence-corrected chi connectivity index (χ0v) is 15.5. The van der Waals surface area contributed by atoms with Crippen molar-refractivity contribution in [3.8, 4) is 0 Å². The summed E-state index contributed by atoms with van der Waals surface area (Å²) in [7, 11) is 0. The number of thioether (sulfide) groups is 1. The zero-order valence-electron chi connectivity index (χ0n) is 14.7. The average molecular weight is 403 g/mol. The second-order valence-corrected chi connectivity index (χ2v) is 6.72. The normalized spacial score (nSPS) is 12.9. The summed E-state index contributed by atoms with van der Waals surface area (Å²) < 4.78 is 9.91. The van der Waals surface area contributed by atoms with Gasteiger partial charge >= 0.3 is 12.0 Å². The number of esters is 1. The first-order chi connectivity index (χ1) is 13.5. The van der Waals surface area contributed by atoms with Gasteiger partial charge in [-0.3, -0.25) is 24.6 Å². The summed E-state index contributed by atoms with van der Waals surface area (Å²) in [6.07, 6.45) is 1.46. The van der Waals surface area contributed by atoms with Crippen molar-refractivity contribution in [3.63, 3.8) is 0 Å². The van der Waals surface area contributed by atoms with Crippen molar-refractivity contribution in [3.05, 3.63) is 48.4 Å². The van der Waals surface area contributed by atoms with Crippen molar-refractivity contribution in [2.45, 2.75) is 11.4 Å². The second kappa shape index (κ2) is 9.09. The van der Waals surface area contributed by atoms with E-state index in [1.54, 1.807) is 24.3 Å². The van der Waals surface area contributed by atoms with E-state index in [-0.39, 0.29) is 24.7 Å². The Morgan fingerprint density at radius 1 is 1.18 bits per heavy atom. The number of para-hydroxylation sites is 1. The number of nitrogens with zero attached hydrogens (tertiary/aromatic N) is 1. The Labute approximate surface area is 164 Å². The molecule has 1 aromatic carbocycles. The first kappa shape index (κ1) is 19.5. The summed E-state index contributed by atoms with van der Waals surface area (Å²) >= 11 is 1.40. The summed E-state index contributed by atoms with van der Waals surface area (Å²) in [4.78, 5) is 49.7. The van der Waals surface area contributed by atoms with Gasteiger partial charge in [0.2, 0.25) is 5.91 Å². The Morgan fingerprint density at radius 2 is 2.00 bits per heavy atom. The lowest BCUT2D eigenvalue weighted by molar-refractivity contribution is -0.147. The summed E-state index contributed by atoms with van der Waals surface area (Å²) in [6, 6.07) is 9.81. The van der Waals surface area contributed by atoms with Gasteiger partial charge in [0.1, 0.15) is 12.3 Å². The molecule has 0 radical (unpaired) electrons. The predicted molar refractivity (Wildman–Crippen MR) is 99.6 cm³/mol. The monoisotopic (exact) mass is 403 g/mol. The van der Waals surface area contributed by atoms with Gasteiger partial charge in [-0.05, 0) is 24.3 Å². The molecule has 9 nitrogen and oxygen atoms in total. The Balaban J connectivity index is 1.43. The van der Waals surface area contributed by atoms with Gasteiger partial charge in [-0.2, -0.15) is 0 Å². The van der Waals surface area contributed by atoms with E-state index >= 15 is 0 Å². The van der Waals surface area contributed by atoms with Crippen molar-refractivity contribution >= 4 is 41.3 Å². The smallest absolute Gasteiger partial charge is 0.326 e. The number of hydrogen-bond acceptors (Lipinski definition) is 7. The van der Waals surface area contributed by atoms with E-state index in [2.05, 4.69) is 5.32 Å². The maximum atomic E-state index is 12.1. The highest BCUT2D eigenvalue weighted by Gasteiger charge is 2.27. The lowest BCUT2D eigenvalue weighted by Gasteiger charge is -2.27. The number of fused-ring (bicyclic) bond motifs is 1. The van der Waals surface area contributed by atoms with Crippen molar-refractivity contribution < 1.29 is 28.3 Å². The SMILES string of the molecule is O=C(COC(=O)CN1C(=O)CSc2ccccc21)NC(=O)NCc1ccco1. The maximum Gasteiger partial charge on any atom is 0.326 e. The Hall–Kier alpha value is -3.27. The number of nitrogens with one attached hydrogen (secondary N) is 2. The van der Waals surface area contributed by atoms with Gasteiger partial charge in [-0.25, -0.2) is 4.79 Å². The number of imide groups is 1. The number of amides is 4. The van der Waals surface area contributed by atoms with Crippen LogP contribution >= 0.6 is 11.8 Å². The summed E-state index contributed by atoms with van der Waals surface area (Å²) in [5, 5.41) is 4.46. The molecule has 0 unspecified atom stereocenters. The molecular formula is C18H17N3O6S. The number of carbonyl (C=O) groups excluding carboxylic acids is 4. The van der Waals surface area contributed by atoms with Gasteiger partial charge in [0.15, 0.2) is 6.61 Å². The highest BCUT2D eigenvalue weighted by molar-refractivity contribution is 8.00. The fraction of sp³-hybridized carbons (Fsp3) is 0.222. The molecule has 1 aliphatic heterocycles. The van der Waals surface area contributed by atoms with Crippen LogP contribution in [-0.2, 0) is 25.7 Å². The molecule has 0 bridgehead atoms. The highest BCUT2D eigenvalue weighted by atomic mass is 32.2. The number of ether oxygens (including phenoxy) is 1. The second-order valence-electron chi connectivity index (χ2n) is 5.71. The van der Waals surface area contributed by atoms with Crippen LogP contribution in [0.4, 0.5) is 10.5 Å². The molecule has 0 saturated heterocycles. The van der Waals surface area contributed by atoms with Crippen LogP contribution in [0.3, 0.4) is 0 Å². The van der Waals surface area contributed by atoms with Crippen LogP contribution in [0.2, 0.25) is 0 Å². The molecule has 28 heavy (non-hydrogen) atoms. The summed E-state index contributed by atoms with van der Waals surface area (Å²) in [5.41, 5.74) is 0.627. The molecule has 1 aromatic heterocycles. The Kier molecular flexibility index (Phi) is 6.33. The molecule has 4 amide bonds. The van der Waals surface area contributed by atoms with Crippen LogP contribution in [0.25, 0.3) is 0 Å². The lowest BCUT2D eigenvalue weighted by atomic mass is 10.2. The molecule has 146 valence electrons. The molecule has 3 rings (SSSR count). The van der Waals surface area contributed by atoms with Gasteiger partial charge in [0.25, 0.3) is 5.91 Å². The first-order valence-electron chi connectivity index (χ1n) is 8.31. The predicted octanol–water partition coefficient (Wildman–Crippen LogP) is 1.29. The van der Waals surface area contributed by atoms with E-state index in [9.17, 15) is 19.2 Å². The van der Waals surface area contributed by atoms with Gasteiger partial charge < -0.3 is 14.5 Å². The van der Waals surface area contributed by atoms with E-state index in [1.807, 2.05) is 17.4 Å². The average Bonchev–Trinajstić information content (AvgIpc) is 3.21. The van der Waals surface area contributed by atoms with Gasteiger partial charge in [-0.1, -0.05) is 12.1 Å². The minimum atomic E-state index is -0.786. The van der Waals surface area contributed by atoms with Crippen LogP contribution in [0, 0.1) is 0 Å². The minimum absolute atomic E-state index is 0.112. The van der Waals surface area contributed by atoms with E-state index < -0.39 is 24.5 Å². The molecule has 0 fully saturated rings. The van der Waals surface area contributed by atoms with E-state index in [1.165, 1.54) is 22.9 Å². The van der Waals surface area contributed by atoms with Gasteiger partial charge in [0, 0.05) is 4.90 Å². The molecule has 10 heteroatoms. The van der Waals surface area contributed by atoms with Crippen LogP contribution < -0.4 is 15.5 Å². The van der Waals surface area contributed by atoms with E-state index in [0.717, 1.165) is 4.90 Å². The third kappa shape index (κ3) is 5.13. The number of benzene rings is 1. The Bertz CT molecular complexity index is 883. The number of furan rings is 1. The standard InChI is InChI=1S/C18H17N3O6S/c22-15(20-18(25)19-8-12-4-3-7-26-12)10-27-17(24)9-21-13-5-1-2-6-14(13)28-11-16(21)23/h1-7H,8-11H2,(H2,19,20,22,25). The van der Waals surface area contributed by atoms with Gasteiger partial charge in [-0.15, -0.1) is 11.8 Å². The van der Waals surface area contributed by atoms with E-state index in [0.29, 0.717) is 11.4 Å².